The lowest BCUT2D eigenvalue weighted by Crippen LogP contribution is -2.37. The predicted octanol–water partition coefficient (Wildman–Crippen LogP) is 5.83. The van der Waals surface area contributed by atoms with Gasteiger partial charge in [0.05, 0.1) is 0 Å². The molecule has 1 fully saturated rings. The van der Waals surface area contributed by atoms with Gasteiger partial charge in [0.1, 0.15) is 0 Å². The van der Waals surface area contributed by atoms with Gasteiger partial charge in [-0.3, -0.25) is 4.79 Å². The van der Waals surface area contributed by atoms with Crippen LogP contribution in [-0.2, 0) is 6.42 Å². The molecule has 0 unspecified atom stereocenters. The van der Waals surface area contributed by atoms with Gasteiger partial charge in [0.25, 0.3) is 5.91 Å². The molecule has 0 aliphatic carbocycles. The molecule has 3 rings (SSSR count). The number of benzene rings is 2. The summed E-state index contributed by atoms with van der Waals surface area (Å²) in [5.41, 5.74) is 3.59. The molecule has 2 heteroatoms. The van der Waals surface area contributed by atoms with Gasteiger partial charge in [-0.05, 0) is 54.9 Å². The number of hydrogen-bond donors (Lipinski definition) is 0. The van der Waals surface area contributed by atoms with Crippen LogP contribution in [0.4, 0.5) is 0 Å². The highest BCUT2D eigenvalue weighted by atomic mass is 16.2. The van der Waals surface area contributed by atoms with Gasteiger partial charge in [-0.15, -0.1) is 0 Å². The number of carbonyl (C=O) groups is 1. The van der Waals surface area contributed by atoms with Gasteiger partial charge in [0, 0.05) is 18.7 Å². The first kappa shape index (κ1) is 18.7. The van der Waals surface area contributed by atoms with Crippen LogP contribution in [0, 0.1) is 0 Å². The molecule has 2 aromatic carbocycles. The van der Waals surface area contributed by atoms with E-state index in [9.17, 15) is 4.79 Å². The Morgan fingerprint density at radius 3 is 2.27 bits per heavy atom. The fourth-order valence-corrected chi connectivity index (χ4v) is 3.89. The fraction of sp³-hybridized carbons (Fsp3) is 0.458. The van der Waals surface area contributed by atoms with Crippen molar-refractivity contribution in [1.29, 1.82) is 0 Å². The van der Waals surface area contributed by atoms with E-state index in [1.807, 2.05) is 17.0 Å². The summed E-state index contributed by atoms with van der Waals surface area (Å²) < 4.78 is 0. The third kappa shape index (κ3) is 4.97. The fourth-order valence-electron chi connectivity index (χ4n) is 3.89. The van der Waals surface area contributed by atoms with Crippen molar-refractivity contribution < 1.29 is 4.79 Å². The van der Waals surface area contributed by atoms with Crippen LogP contribution in [0.1, 0.15) is 72.9 Å². The number of rotatable bonds is 7. The molecule has 138 valence electrons. The molecule has 26 heavy (non-hydrogen) atoms. The number of likely N-dealkylation sites (tertiary alicyclic amines) is 1. The summed E-state index contributed by atoms with van der Waals surface area (Å²) in [5.74, 6) is 0.778. The van der Waals surface area contributed by atoms with Crippen LogP contribution in [0.3, 0.4) is 0 Å². The second kappa shape index (κ2) is 9.56. The van der Waals surface area contributed by atoms with Crippen LogP contribution < -0.4 is 0 Å². The first-order chi connectivity index (χ1) is 12.8. The highest BCUT2D eigenvalue weighted by Gasteiger charge is 2.24. The van der Waals surface area contributed by atoms with Gasteiger partial charge in [-0.2, -0.15) is 0 Å². The van der Waals surface area contributed by atoms with E-state index in [1.165, 1.54) is 36.8 Å². The largest absolute Gasteiger partial charge is 0.339 e. The van der Waals surface area contributed by atoms with Crippen LogP contribution in [0.25, 0.3) is 0 Å². The van der Waals surface area contributed by atoms with E-state index in [2.05, 4.69) is 49.4 Å². The number of unbranched alkanes of at least 4 members (excludes halogenated alkanes) is 3. The normalized spacial score (nSPS) is 15.2. The molecule has 0 aromatic heterocycles. The summed E-state index contributed by atoms with van der Waals surface area (Å²) in [6.07, 6.45) is 8.37. The Hall–Kier alpha value is -2.09. The lowest BCUT2D eigenvalue weighted by Gasteiger charge is -2.32. The summed E-state index contributed by atoms with van der Waals surface area (Å²) in [5, 5.41) is 0. The van der Waals surface area contributed by atoms with Crippen LogP contribution >= 0.6 is 0 Å². The maximum atomic E-state index is 12.8. The molecule has 1 heterocycles. The van der Waals surface area contributed by atoms with Crippen LogP contribution in [0.2, 0.25) is 0 Å². The summed E-state index contributed by atoms with van der Waals surface area (Å²) in [7, 11) is 0. The van der Waals surface area contributed by atoms with Gasteiger partial charge in [-0.1, -0.05) is 68.7 Å². The number of aryl methyl sites for hydroxylation is 1. The SMILES string of the molecule is CCCCCCc1ccc(C(=O)N2CCC(c3ccccc3)CC2)cc1. The Morgan fingerprint density at radius 2 is 1.62 bits per heavy atom. The Balaban J connectivity index is 1.50. The Morgan fingerprint density at radius 1 is 0.923 bits per heavy atom. The molecule has 1 saturated heterocycles. The van der Waals surface area contributed by atoms with Gasteiger partial charge in [0.15, 0.2) is 0 Å². The number of hydrogen-bond acceptors (Lipinski definition) is 1. The first-order valence-electron chi connectivity index (χ1n) is 10.2. The standard InChI is InChI=1S/C24H31NO/c1-2-3-4-6-9-20-12-14-23(15-13-20)24(26)25-18-16-22(17-19-25)21-10-7-5-8-11-21/h5,7-8,10-15,22H,2-4,6,9,16-19H2,1H3. The highest BCUT2D eigenvalue weighted by Crippen LogP contribution is 2.28. The zero-order valence-electron chi connectivity index (χ0n) is 16.0. The quantitative estimate of drug-likeness (QED) is 0.576. The first-order valence-corrected chi connectivity index (χ1v) is 10.2. The van der Waals surface area contributed by atoms with E-state index in [0.717, 1.165) is 37.9 Å². The molecule has 1 aliphatic rings. The molecule has 2 aromatic rings. The van der Waals surface area contributed by atoms with E-state index in [0.29, 0.717) is 5.92 Å². The molecule has 0 spiro atoms. The van der Waals surface area contributed by atoms with E-state index in [-0.39, 0.29) is 5.91 Å². The van der Waals surface area contributed by atoms with Crippen molar-refractivity contribution in [2.24, 2.45) is 0 Å². The third-order valence-corrected chi connectivity index (χ3v) is 5.57. The van der Waals surface area contributed by atoms with Crippen molar-refractivity contribution in [2.75, 3.05) is 13.1 Å². The molecule has 2 nitrogen and oxygen atoms in total. The average molecular weight is 350 g/mol. The summed E-state index contributed by atoms with van der Waals surface area (Å²) in [6, 6.07) is 19.0. The predicted molar refractivity (Wildman–Crippen MR) is 109 cm³/mol. The molecule has 1 amide bonds. The third-order valence-electron chi connectivity index (χ3n) is 5.57. The van der Waals surface area contributed by atoms with Crippen molar-refractivity contribution in [2.45, 2.75) is 57.8 Å². The van der Waals surface area contributed by atoms with Crippen LogP contribution in [0.15, 0.2) is 54.6 Å². The minimum absolute atomic E-state index is 0.189. The minimum atomic E-state index is 0.189. The monoisotopic (exact) mass is 349 g/mol. The Bertz CT molecular complexity index is 669. The molecular formula is C24H31NO. The summed E-state index contributed by atoms with van der Waals surface area (Å²) >= 11 is 0. The van der Waals surface area contributed by atoms with Gasteiger partial charge < -0.3 is 4.90 Å². The number of carbonyl (C=O) groups excluding carboxylic acids is 1. The lowest BCUT2D eigenvalue weighted by molar-refractivity contribution is 0.0713. The zero-order chi connectivity index (χ0) is 18.2. The molecule has 0 N–H and O–H groups in total. The smallest absolute Gasteiger partial charge is 0.253 e. The van der Waals surface area contributed by atoms with Crippen molar-refractivity contribution >= 4 is 5.91 Å². The second-order valence-electron chi connectivity index (χ2n) is 7.48. The summed E-state index contributed by atoms with van der Waals surface area (Å²) in [6.45, 7) is 3.96. The zero-order valence-corrected chi connectivity index (χ0v) is 16.0. The van der Waals surface area contributed by atoms with E-state index >= 15 is 0 Å². The number of amides is 1. The average Bonchev–Trinajstić information content (AvgIpc) is 2.72. The van der Waals surface area contributed by atoms with E-state index in [4.69, 9.17) is 0 Å². The van der Waals surface area contributed by atoms with Crippen molar-refractivity contribution in [3.63, 3.8) is 0 Å². The molecule has 0 saturated carbocycles. The topological polar surface area (TPSA) is 20.3 Å². The number of nitrogens with zero attached hydrogens (tertiary/aromatic N) is 1. The number of piperidine rings is 1. The molecular weight excluding hydrogens is 318 g/mol. The maximum absolute atomic E-state index is 12.8. The van der Waals surface area contributed by atoms with Gasteiger partial charge >= 0.3 is 0 Å². The van der Waals surface area contributed by atoms with Crippen molar-refractivity contribution in [3.8, 4) is 0 Å². The van der Waals surface area contributed by atoms with Crippen molar-refractivity contribution in [1.82, 2.24) is 4.90 Å². The molecule has 1 aliphatic heterocycles. The minimum Gasteiger partial charge on any atom is -0.339 e. The van der Waals surface area contributed by atoms with E-state index < -0.39 is 0 Å². The Labute approximate surface area is 158 Å². The Kier molecular flexibility index (Phi) is 6.88. The lowest BCUT2D eigenvalue weighted by atomic mass is 9.89. The highest BCUT2D eigenvalue weighted by molar-refractivity contribution is 5.94. The van der Waals surface area contributed by atoms with Crippen LogP contribution in [0.5, 0.6) is 0 Å². The van der Waals surface area contributed by atoms with E-state index in [1.54, 1.807) is 0 Å². The molecule has 0 atom stereocenters. The summed E-state index contributed by atoms with van der Waals surface area (Å²) in [4.78, 5) is 14.8. The molecule has 0 radical (unpaired) electrons. The van der Waals surface area contributed by atoms with Gasteiger partial charge in [-0.25, -0.2) is 0 Å². The van der Waals surface area contributed by atoms with Crippen LogP contribution in [-0.4, -0.2) is 23.9 Å². The maximum Gasteiger partial charge on any atom is 0.253 e. The van der Waals surface area contributed by atoms with Crippen molar-refractivity contribution in [3.05, 3.63) is 71.3 Å². The molecule has 0 bridgehead atoms. The second-order valence-corrected chi connectivity index (χ2v) is 7.48. The van der Waals surface area contributed by atoms with Gasteiger partial charge in [0.2, 0.25) is 0 Å².